The van der Waals surface area contributed by atoms with E-state index in [1.165, 1.54) is 16.2 Å². The van der Waals surface area contributed by atoms with Crippen molar-refractivity contribution < 1.29 is 19.2 Å². The molecule has 0 aliphatic carbocycles. The lowest BCUT2D eigenvalue weighted by atomic mass is 10.0. The van der Waals surface area contributed by atoms with Crippen molar-refractivity contribution >= 4 is 40.7 Å². The van der Waals surface area contributed by atoms with Crippen LogP contribution < -0.4 is 15.5 Å². The number of nitrogens with zero attached hydrogens (tertiary/aromatic N) is 3. The molecule has 9 nitrogen and oxygen atoms in total. The van der Waals surface area contributed by atoms with Crippen LogP contribution in [0.4, 0.5) is 5.69 Å². The minimum absolute atomic E-state index is 0.0611. The van der Waals surface area contributed by atoms with Gasteiger partial charge in [0.1, 0.15) is 12.1 Å². The van der Waals surface area contributed by atoms with Gasteiger partial charge in [0, 0.05) is 45.0 Å². The quantitative estimate of drug-likeness (QED) is 0.665. The SMILES string of the molecule is CN(C)c1ccc(C(=O)N2CCN(C(=O)c3cccs3)[C@@H](C(=O)N[C@@H]3CCCNC3=O)C2)cc1. The molecule has 4 rings (SSSR count). The number of nitrogens with one attached hydrogen (secondary N) is 2. The standard InChI is InChI=1S/C24H29N5O4S/c1-27(2)17-9-7-16(8-10-17)23(32)28-12-13-29(24(33)20-6-4-14-34-20)19(15-28)22(31)26-18-5-3-11-25-21(18)30/h4,6-10,14,18-19H,3,5,11-13,15H2,1-2H3,(H,25,30)(H,26,31)/t18-,19-/m1/s1. The molecule has 10 heteroatoms. The van der Waals surface area contributed by atoms with Crippen molar-refractivity contribution in [1.82, 2.24) is 20.4 Å². The van der Waals surface area contributed by atoms with E-state index in [1.54, 1.807) is 29.2 Å². The lowest BCUT2D eigenvalue weighted by Gasteiger charge is -2.41. The molecule has 1 aromatic heterocycles. The third-order valence-corrected chi connectivity index (χ3v) is 7.05. The van der Waals surface area contributed by atoms with E-state index in [0.717, 1.165) is 12.1 Å². The van der Waals surface area contributed by atoms with Crippen LogP contribution in [0.25, 0.3) is 0 Å². The number of hydrogen-bond donors (Lipinski definition) is 2. The van der Waals surface area contributed by atoms with E-state index >= 15 is 0 Å². The molecule has 2 saturated heterocycles. The predicted octanol–water partition coefficient (Wildman–Crippen LogP) is 1.18. The fourth-order valence-corrected chi connectivity index (χ4v) is 4.92. The molecule has 2 atom stereocenters. The summed E-state index contributed by atoms with van der Waals surface area (Å²) in [5.74, 6) is -1.08. The lowest BCUT2D eigenvalue weighted by Crippen LogP contribution is -2.63. The molecule has 0 bridgehead atoms. The first-order valence-electron chi connectivity index (χ1n) is 11.3. The van der Waals surface area contributed by atoms with Crippen LogP contribution in [0, 0.1) is 0 Å². The Labute approximate surface area is 202 Å². The molecule has 34 heavy (non-hydrogen) atoms. The van der Waals surface area contributed by atoms with E-state index in [9.17, 15) is 19.2 Å². The molecule has 0 saturated carbocycles. The van der Waals surface area contributed by atoms with Crippen LogP contribution in [-0.4, -0.2) is 85.8 Å². The normalized spacial score (nSPS) is 20.5. The number of thiophene rings is 1. The maximum Gasteiger partial charge on any atom is 0.264 e. The Hall–Kier alpha value is -3.40. The van der Waals surface area contributed by atoms with Crippen LogP contribution in [0.5, 0.6) is 0 Å². The first kappa shape index (κ1) is 23.7. The number of amides is 4. The number of anilines is 1. The Balaban J connectivity index is 1.53. The van der Waals surface area contributed by atoms with Gasteiger partial charge in [-0.3, -0.25) is 19.2 Å². The number of rotatable bonds is 5. The maximum absolute atomic E-state index is 13.3. The molecule has 2 aliphatic rings. The van der Waals surface area contributed by atoms with Gasteiger partial charge >= 0.3 is 0 Å². The highest BCUT2D eigenvalue weighted by Crippen LogP contribution is 2.21. The van der Waals surface area contributed by atoms with E-state index in [0.29, 0.717) is 30.0 Å². The van der Waals surface area contributed by atoms with Crippen molar-refractivity contribution in [2.75, 3.05) is 45.2 Å². The Kier molecular flexibility index (Phi) is 7.16. The van der Waals surface area contributed by atoms with Crippen molar-refractivity contribution in [3.63, 3.8) is 0 Å². The summed E-state index contributed by atoms with van der Waals surface area (Å²) in [5.41, 5.74) is 1.50. The molecule has 180 valence electrons. The van der Waals surface area contributed by atoms with E-state index < -0.39 is 18.0 Å². The first-order chi connectivity index (χ1) is 16.3. The smallest absolute Gasteiger partial charge is 0.264 e. The summed E-state index contributed by atoms with van der Waals surface area (Å²) in [5, 5.41) is 7.37. The molecule has 2 fully saturated rings. The maximum atomic E-state index is 13.3. The average Bonchev–Trinajstić information content (AvgIpc) is 3.39. The van der Waals surface area contributed by atoms with E-state index in [-0.39, 0.29) is 30.8 Å². The molecule has 2 aliphatic heterocycles. The largest absolute Gasteiger partial charge is 0.378 e. The predicted molar refractivity (Wildman–Crippen MR) is 130 cm³/mol. The van der Waals surface area contributed by atoms with Gasteiger partial charge < -0.3 is 25.3 Å². The van der Waals surface area contributed by atoms with E-state index in [2.05, 4.69) is 10.6 Å². The zero-order chi connectivity index (χ0) is 24.2. The van der Waals surface area contributed by atoms with Gasteiger partial charge in [0.25, 0.3) is 11.8 Å². The summed E-state index contributed by atoms with van der Waals surface area (Å²) < 4.78 is 0. The van der Waals surface area contributed by atoms with Crippen molar-refractivity contribution in [3.8, 4) is 0 Å². The van der Waals surface area contributed by atoms with Gasteiger partial charge in [-0.2, -0.15) is 0 Å². The van der Waals surface area contributed by atoms with Crippen LogP contribution >= 0.6 is 11.3 Å². The monoisotopic (exact) mass is 483 g/mol. The highest BCUT2D eigenvalue weighted by atomic mass is 32.1. The van der Waals surface area contributed by atoms with Crippen LogP contribution in [0.15, 0.2) is 41.8 Å². The zero-order valence-corrected chi connectivity index (χ0v) is 20.1. The number of benzene rings is 1. The third kappa shape index (κ3) is 5.06. The Bertz CT molecular complexity index is 1050. The van der Waals surface area contributed by atoms with Gasteiger partial charge in [-0.05, 0) is 48.6 Å². The van der Waals surface area contributed by atoms with Crippen molar-refractivity contribution in [2.45, 2.75) is 24.9 Å². The lowest BCUT2D eigenvalue weighted by molar-refractivity contribution is -0.133. The zero-order valence-electron chi connectivity index (χ0n) is 19.3. The molecule has 3 heterocycles. The second kappa shape index (κ2) is 10.3. The van der Waals surface area contributed by atoms with E-state index in [4.69, 9.17) is 0 Å². The number of carbonyl (C=O) groups excluding carboxylic acids is 4. The minimum atomic E-state index is -0.886. The molecular weight excluding hydrogens is 454 g/mol. The summed E-state index contributed by atoms with van der Waals surface area (Å²) in [6, 6.07) is 9.26. The molecule has 2 aromatic rings. The number of carbonyl (C=O) groups is 4. The number of piperazine rings is 1. The van der Waals surface area contributed by atoms with Crippen molar-refractivity contribution in [3.05, 3.63) is 52.2 Å². The van der Waals surface area contributed by atoms with Crippen LogP contribution in [-0.2, 0) is 9.59 Å². The van der Waals surface area contributed by atoms with Crippen molar-refractivity contribution in [2.24, 2.45) is 0 Å². The third-order valence-electron chi connectivity index (χ3n) is 6.20. The molecule has 0 spiro atoms. The Morgan fingerprint density at radius 2 is 1.85 bits per heavy atom. The van der Waals surface area contributed by atoms with Crippen molar-refractivity contribution in [1.29, 1.82) is 0 Å². The fourth-order valence-electron chi connectivity index (χ4n) is 4.24. The second-order valence-electron chi connectivity index (χ2n) is 8.68. The van der Waals surface area contributed by atoms with Gasteiger partial charge in [0.2, 0.25) is 11.8 Å². The molecule has 0 unspecified atom stereocenters. The molecular formula is C24H29N5O4S. The topological polar surface area (TPSA) is 102 Å². The summed E-state index contributed by atoms with van der Waals surface area (Å²) in [4.78, 5) is 57.4. The van der Waals surface area contributed by atoms with Gasteiger partial charge in [-0.25, -0.2) is 0 Å². The molecule has 2 N–H and O–H groups in total. The van der Waals surface area contributed by atoms with Gasteiger partial charge in [-0.15, -0.1) is 11.3 Å². The highest BCUT2D eigenvalue weighted by molar-refractivity contribution is 7.12. The number of hydrogen-bond acceptors (Lipinski definition) is 6. The summed E-state index contributed by atoms with van der Waals surface area (Å²) >= 11 is 1.31. The van der Waals surface area contributed by atoms with Gasteiger partial charge in [0.15, 0.2) is 0 Å². The molecule has 1 aromatic carbocycles. The first-order valence-corrected chi connectivity index (χ1v) is 12.2. The van der Waals surface area contributed by atoms with Gasteiger partial charge in [0.05, 0.1) is 11.4 Å². The number of piperidine rings is 1. The summed E-state index contributed by atoms with van der Waals surface area (Å²) in [6.45, 7) is 1.20. The fraction of sp³-hybridized carbons (Fsp3) is 0.417. The van der Waals surface area contributed by atoms with Crippen LogP contribution in [0.3, 0.4) is 0 Å². The molecule has 4 amide bonds. The van der Waals surface area contributed by atoms with Crippen LogP contribution in [0.1, 0.15) is 32.9 Å². The second-order valence-corrected chi connectivity index (χ2v) is 9.63. The Morgan fingerprint density at radius 3 is 2.50 bits per heavy atom. The summed E-state index contributed by atoms with van der Waals surface area (Å²) in [6.07, 6.45) is 1.32. The average molecular weight is 484 g/mol. The summed E-state index contributed by atoms with van der Waals surface area (Å²) in [7, 11) is 3.85. The van der Waals surface area contributed by atoms with E-state index in [1.807, 2.05) is 36.5 Å². The van der Waals surface area contributed by atoms with Crippen LogP contribution in [0.2, 0.25) is 0 Å². The minimum Gasteiger partial charge on any atom is -0.378 e. The Morgan fingerprint density at radius 1 is 1.09 bits per heavy atom. The molecule has 0 radical (unpaired) electrons. The van der Waals surface area contributed by atoms with Gasteiger partial charge in [-0.1, -0.05) is 6.07 Å². The highest BCUT2D eigenvalue weighted by Gasteiger charge is 2.39.